The predicted octanol–water partition coefficient (Wildman–Crippen LogP) is 3.30. The van der Waals surface area contributed by atoms with E-state index in [4.69, 9.17) is 11.6 Å². The molecule has 1 atom stereocenters. The molecular weight excluding hydrogens is 234 g/mol. The van der Waals surface area contributed by atoms with E-state index in [2.05, 4.69) is 5.32 Å². The Bertz CT molecular complexity index is 381. The van der Waals surface area contributed by atoms with Crippen LogP contribution < -0.4 is 5.32 Å². The fraction of sp³-hybridized carbons (Fsp3) is 0.500. The maximum Gasteiger partial charge on any atom is 0.251 e. The molecule has 0 aromatic heterocycles. The minimum Gasteiger partial charge on any atom is -0.351 e. The molecular formula is C14H20ClNO. The van der Waals surface area contributed by atoms with E-state index in [1.165, 1.54) is 0 Å². The van der Waals surface area contributed by atoms with Crippen LogP contribution in [0, 0.1) is 19.8 Å². The number of hydrogen-bond donors (Lipinski definition) is 1. The van der Waals surface area contributed by atoms with Crippen molar-refractivity contribution in [2.45, 2.75) is 33.1 Å². The van der Waals surface area contributed by atoms with Gasteiger partial charge in [0.1, 0.15) is 0 Å². The van der Waals surface area contributed by atoms with Crippen LogP contribution in [0.2, 0.25) is 0 Å². The Balaban J connectivity index is 2.71. The van der Waals surface area contributed by atoms with Crippen LogP contribution in [0.5, 0.6) is 0 Å². The lowest BCUT2D eigenvalue weighted by Gasteiger charge is -2.15. The van der Waals surface area contributed by atoms with E-state index in [1.54, 1.807) is 0 Å². The summed E-state index contributed by atoms with van der Waals surface area (Å²) in [5.74, 6) is 0.321. The van der Waals surface area contributed by atoms with Crippen molar-refractivity contribution in [1.82, 2.24) is 5.32 Å². The summed E-state index contributed by atoms with van der Waals surface area (Å²) >= 11 is 6.11. The zero-order valence-electron chi connectivity index (χ0n) is 10.9. The van der Waals surface area contributed by atoms with Crippen molar-refractivity contribution in [3.05, 3.63) is 34.9 Å². The molecule has 1 N–H and O–H groups in total. The van der Waals surface area contributed by atoms with Crippen LogP contribution >= 0.6 is 11.6 Å². The van der Waals surface area contributed by atoms with E-state index >= 15 is 0 Å². The second kappa shape index (κ2) is 6.06. The van der Waals surface area contributed by atoms with Crippen LogP contribution in [0.3, 0.4) is 0 Å². The molecule has 3 heteroatoms. The van der Waals surface area contributed by atoms with E-state index in [-0.39, 0.29) is 11.3 Å². The normalized spacial score (nSPS) is 12.6. The van der Waals surface area contributed by atoms with E-state index < -0.39 is 0 Å². The van der Waals surface area contributed by atoms with Crippen LogP contribution in [0.1, 0.15) is 35.3 Å². The molecule has 2 nitrogen and oxygen atoms in total. The average Bonchev–Trinajstić information content (AvgIpc) is 2.25. The zero-order valence-corrected chi connectivity index (χ0v) is 11.6. The number of halogens is 1. The molecule has 94 valence electrons. The summed E-state index contributed by atoms with van der Waals surface area (Å²) in [6.07, 6.45) is 0. The number of alkyl halides is 1. The maximum atomic E-state index is 12.0. The van der Waals surface area contributed by atoms with Gasteiger partial charge in [-0.15, -0.1) is 11.6 Å². The monoisotopic (exact) mass is 253 g/mol. The fourth-order valence-corrected chi connectivity index (χ4v) is 1.76. The molecule has 1 rings (SSSR count). The number of benzene rings is 1. The molecule has 0 heterocycles. The molecule has 0 aliphatic rings. The quantitative estimate of drug-likeness (QED) is 0.820. The van der Waals surface area contributed by atoms with Crippen LogP contribution in [0.4, 0.5) is 0 Å². The van der Waals surface area contributed by atoms with Gasteiger partial charge in [-0.05, 0) is 30.9 Å². The molecule has 1 unspecified atom stereocenters. The van der Waals surface area contributed by atoms with Crippen molar-refractivity contribution in [2.24, 2.45) is 5.92 Å². The van der Waals surface area contributed by atoms with Gasteiger partial charge < -0.3 is 5.32 Å². The maximum absolute atomic E-state index is 12.0. The van der Waals surface area contributed by atoms with Crippen molar-refractivity contribution < 1.29 is 4.79 Å². The molecule has 0 bridgehead atoms. The number of carbonyl (C=O) groups is 1. The Kier molecular flexibility index (Phi) is 5.01. The van der Waals surface area contributed by atoms with Crippen molar-refractivity contribution in [2.75, 3.05) is 6.54 Å². The van der Waals surface area contributed by atoms with Gasteiger partial charge in [0.05, 0.1) is 5.38 Å². The highest BCUT2D eigenvalue weighted by Gasteiger charge is 2.14. The average molecular weight is 254 g/mol. The first-order chi connectivity index (χ1) is 7.93. The summed E-state index contributed by atoms with van der Waals surface area (Å²) in [5.41, 5.74) is 2.76. The van der Waals surface area contributed by atoms with Gasteiger partial charge in [0.15, 0.2) is 0 Å². The highest BCUT2D eigenvalue weighted by molar-refractivity contribution is 6.21. The molecule has 0 aliphatic heterocycles. The summed E-state index contributed by atoms with van der Waals surface area (Å²) in [7, 11) is 0. The topological polar surface area (TPSA) is 29.1 Å². The Morgan fingerprint density at radius 1 is 1.29 bits per heavy atom. The molecule has 0 radical (unpaired) electrons. The number of carbonyl (C=O) groups excluding carboxylic acids is 1. The Hall–Kier alpha value is -1.02. The van der Waals surface area contributed by atoms with Crippen molar-refractivity contribution >= 4 is 17.5 Å². The van der Waals surface area contributed by atoms with Crippen LogP contribution in [-0.2, 0) is 0 Å². The molecule has 1 aromatic rings. The lowest BCUT2D eigenvalue weighted by Crippen LogP contribution is -2.32. The molecule has 0 aliphatic carbocycles. The van der Waals surface area contributed by atoms with Crippen molar-refractivity contribution in [1.29, 1.82) is 0 Å². The Morgan fingerprint density at radius 2 is 1.82 bits per heavy atom. The number of amides is 1. The number of nitrogens with one attached hydrogen (secondary N) is 1. The van der Waals surface area contributed by atoms with Crippen LogP contribution in [0.25, 0.3) is 0 Å². The second-order valence-corrected chi connectivity index (χ2v) is 5.30. The van der Waals surface area contributed by atoms with Gasteiger partial charge in [-0.1, -0.05) is 32.0 Å². The van der Waals surface area contributed by atoms with Gasteiger partial charge in [-0.25, -0.2) is 0 Å². The molecule has 0 saturated heterocycles. The predicted molar refractivity (Wildman–Crippen MR) is 72.7 cm³/mol. The third-order valence-electron chi connectivity index (χ3n) is 2.89. The highest BCUT2D eigenvalue weighted by atomic mass is 35.5. The third kappa shape index (κ3) is 3.74. The van der Waals surface area contributed by atoms with Gasteiger partial charge in [0, 0.05) is 12.1 Å². The molecule has 1 aromatic carbocycles. The van der Waals surface area contributed by atoms with Gasteiger partial charge in [-0.3, -0.25) is 4.79 Å². The molecule has 1 amide bonds. The standard InChI is InChI=1S/C14H20ClNO/c1-9(2)12(15)8-16-14(17)13-10(3)6-5-7-11(13)4/h5-7,9,12H,8H2,1-4H3,(H,16,17). The van der Waals surface area contributed by atoms with Gasteiger partial charge in [0.25, 0.3) is 5.91 Å². The summed E-state index contributed by atoms with van der Waals surface area (Å²) in [4.78, 5) is 12.0. The largest absolute Gasteiger partial charge is 0.351 e. The molecule has 0 spiro atoms. The number of rotatable bonds is 4. The minimum absolute atomic E-state index is 0.0247. The summed E-state index contributed by atoms with van der Waals surface area (Å²) in [5, 5.41) is 2.87. The number of hydrogen-bond acceptors (Lipinski definition) is 1. The molecule has 0 saturated carbocycles. The van der Waals surface area contributed by atoms with Gasteiger partial charge >= 0.3 is 0 Å². The SMILES string of the molecule is Cc1cccc(C)c1C(=O)NCC(Cl)C(C)C. The van der Waals surface area contributed by atoms with Gasteiger partial charge in [0.2, 0.25) is 0 Å². The van der Waals surface area contributed by atoms with Gasteiger partial charge in [-0.2, -0.15) is 0 Å². The minimum atomic E-state index is -0.0353. The van der Waals surface area contributed by atoms with Crippen molar-refractivity contribution in [3.63, 3.8) is 0 Å². The van der Waals surface area contributed by atoms with E-state index in [0.717, 1.165) is 16.7 Å². The molecule has 0 fully saturated rings. The molecule has 17 heavy (non-hydrogen) atoms. The summed E-state index contributed by atoms with van der Waals surface area (Å²) in [6, 6.07) is 5.85. The van der Waals surface area contributed by atoms with E-state index in [0.29, 0.717) is 12.5 Å². The summed E-state index contributed by atoms with van der Waals surface area (Å²) < 4.78 is 0. The Labute approximate surface area is 108 Å². The smallest absolute Gasteiger partial charge is 0.251 e. The lowest BCUT2D eigenvalue weighted by atomic mass is 10.0. The first-order valence-electron chi connectivity index (χ1n) is 5.92. The number of aryl methyl sites for hydroxylation is 2. The first-order valence-corrected chi connectivity index (χ1v) is 6.35. The van der Waals surface area contributed by atoms with E-state index in [1.807, 2.05) is 45.9 Å². The third-order valence-corrected chi connectivity index (χ3v) is 3.55. The van der Waals surface area contributed by atoms with Crippen molar-refractivity contribution in [3.8, 4) is 0 Å². The lowest BCUT2D eigenvalue weighted by molar-refractivity contribution is 0.0951. The first kappa shape index (κ1) is 14.0. The Morgan fingerprint density at radius 3 is 2.29 bits per heavy atom. The van der Waals surface area contributed by atoms with E-state index in [9.17, 15) is 4.79 Å². The van der Waals surface area contributed by atoms with Crippen LogP contribution in [0.15, 0.2) is 18.2 Å². The fourth-order valence-electron chi connectivity index (χ4n) is 1.69. The summed E-state index contributed by atoms with van der Waals surface area (Å²) in [6.45, 7) is 8.49. The second-order valence-electron chi connectivity index (χ2n) is 4.74. The highest BCUT2D eigenvalue weighted by Crippen LogP contribution is 2.13. The van der Waals surface area contributed by atoms with Crippen LogP contribution in [-0.4, -0.2) is 17.8 Å². The zero-order chi connectivity index (χ0) is 13.0.